The van der Waals surface area contributed by atoms with Crippen molar-refractivity contribution in [3.8, 4) is 0 Å². The van der Waals surface area contributed by atoms with Gasteiger partial charge in [0.15, 0.2) is 0 Å². The minimum atomic E-state index is -0.214. The Morgan fingerprint density at radius 1 is 1.62 bits per heavy atom. The van der Waals surface area contributed by atoms with E-state index in [-0.39, 0.29) is 6.04 Å². The van der Waals surface area contributed by atoms with Gasteiger partial charge in [-0.3, -0.25) is 10.5 Å². The fraction of sp³-hybridized carbons (Fsp3) is 0.500. The number of rotatable bonds is 3. The molecule has 0 saturated carbocycles. The van der Waals surface area contributed by atoms with Crippen LogP contribution in [0.1, 0.15) is 24.4 Å². The van der Waals surface area contributed by atoms with Crippen LogP contribution in [0.5, 0.6) is 0 Å². The lowest BCUT2D eigenvalue weighted by atomic mass is 10.1. The molecule has 0 saturated heterocycles. The van der Waals surface area contributed by atoms with Crippen molar-refractivity contribution in [3.63, 3.8) is 0 Å². The molecule has 0 amide bonds. The molecular weight excluding hydrogens is 206 g/mol. The normalized spacial score (nSPS) is 17.8. The van der Waals surface area contributed by atoms with Gasteiger partial charge in [-0.1, -0.05) is 0 Å². The fourth-order valence-corrected chi connectivity index (χ4v) is 1.79. The highest BCUT2D eigenvalue weighted by Gasteiger charge is 2.22. The molecule has 1 aliphatic rings. The van der Waals surface area contributed by atoms with Crippen molar-refractivity contribution in [3.05, 3.63) is 23.6 Å². The van der Waals surface area contributed by atoms with Crippen LogP contribution in [0.2, 0.25) is 0 Å². The molecule has 1 unspecified atom stereocenters. The van der Waals surface area contributed by atoms with Crippen molar-refractivity contribution >= 4 is 5.82 Å². The quantitative estimate of drug-likeness (QED) is 0.503. The van der Waals surface area contributed by atoms with E-state index in [9.17, 15) is 0 Å². The van der Waals surface area contributed by atoms with Crippen LogP contribution >= 0.6 is 0 Å². The number of aryl methyl sites for hydroxylation is 1. The standard InChI is InChI=1S/C10H17N5O/c1-15-10(11)7(6-13-15)9(14-12)8-4-2-3-5-16-8/h4,6,9,14H,2-3,5,11-12H2,1H3. The van der Waals surface area contributed by atoms with Crippen LogP contribution in [-0.4, -0.2) is 16.4 Å². The average molecular weight is 223 g/mol. The topological polar surface area (TPSA) is 91.1 Å². The van der Waals surface area contributed by atoms with Crippen molar-refractivity contribution in [1.82, 2.24) is 15.2 Å². The predicted octanol–water partition coefficient (Wildman–Crippen LogP) is 0.201. The summed E-state index contributed by atoms with van der Waals surface area (Å²) in [5, 5.41) is 4.09. The Kier molecular flexibility index (Phi) is 3.12. The number of nitrogens with zero attached hydrogens (tertiary/aromatic N) is 2. The van der Waals surface area contributed by atoms with E-state index in [0.29, 0.717) is 5.82 Å². The Labute approximate surface area is 94.2 Å². The smallest absolute Gasteiger partial charge is 0.126 e. The lowest BCUT2D eigenvalue weighted by Gasteiger charge is -2.22. The Bertz CT molecular complexity index is 398. The van der Waals surface area contributed by atoms with Gasteiger partial charge in [0.2, 0.25) is 0 Å². The molecule has 1 aromatic rings. The first-order valence-corrected chi connectivity index (χ1v) is 5.30. The number of nitrogens with two attached hydrogens (primary N) is 2. The number of hydrazine groups is 1. The zero-order chi connectivity index (χ0) is 11.5. The highest BCUT2D eigenvalue weighted by atomic mass is 16.5. The molecule has 6 heteroatoms. The van der Waals surface area contributed by atoms with E-state index < -0.39 is 0 Å². The van der Waals surface area contributed by atoms with Gasteiger partial charge < -0.3 is 10.5 Å². The Balaban J connectivity index is 2.28. The van der Waals surface area contributed by atoms with E-state index >= 15 is 0 Å². The fourth-order valence-electron chi connectivity index (χ4n) is 1.79. The Morgan fingerprint density at radius 2 is 2.44 bits per heavy atom. The van der Waals surface area contributed by atoms with Gasteiger partial charge in [-0.05, 0) is 18.9 Å². The molecular formula is C10H17N5O. The van der Waals surface area contributed by atoms with Crippen molar-refractivity contribution in [2.75, 3.05) is 12.3 Å². The third-order valence-corrected chi connectivity index (χ3v) is 2.74. The number of hydrogen-bond acceptors (Lipinski definition) is 5. The molecule has 0 radical (unpaired) electrons. The largest absolute Gasteiger partial charge is 0.496 e. The maximum absolute atomic E-state index is 5.91. The summed E-state index contributed by atoms with van der Waals surface area (Å²) in [5.41, 5.74) is 9.47. The van der Waals surface area contributed by atoms with Crippen LogP contribution in [0.3, 0.4) is 0 Å². The number of aromatic nitrogens is 2. The van der Waals surface area contributed by atoms with Crippen molar-refractivity contribution in [2.24, 2.45) is 12.9 Å². The maximum Gasteiger partial charge on any atom is 0.126 e. The molecule has 1 aliphatic heterocycles. The average Bonchev–Trinajstić information content (AvgIpc) is 2.64. The highest BCUT2D eigenvalue weighted by molar-refractivity contribution is 5.43. The summed E-state index contributed by atoms with van der Waals surface area (Å²) >= 11 is 0. The summed E-state index contributed by atoms with van der Waals surface area (Å²) in [7, 11) is 1.79. The molecule has 6 nitrogen and oxygen atoms in total. The minimum absolute atomic E-state index is 0.214. The molecule has 0 aliphatic carbocycles. The molecule has 1 atom stereocenters. The minimum Gasteiger partial charge on any atom is -0.496 e. The Hall–Kier alpha value is -1.53. The van der Waals surface area contributed by atoms with E-state index in [1.807, 2.05) is 6.08 Å². The molecule has 0 spiro atoms. The second-order valence-electron chi connectivity index (χ2n) is 3.81. The number of ether oxygens (including phenoxy) is 1. The first-order chi connectivity index (χ1) is 7.74. The van der Waals surface area contributed by atoms with Crippen molar-refractivity contribution in [1.29, 1.82) is 0 Å². The van der Waals surface area contributed by atoms with Crippen molar-refractivity contribution < 1.29 is 4.74 Å². The van der Waals surface area contributed by atoms with Gasteiger partial charge >= 0.3 is 0 Å². The molecule has 0 aromatic carbocycles. The molecule has 2 heterocycles. The highest BCUT2D eigenvalue weighted by Crippen LogP contribution is 2.28. The zero-order valence-corrected chi connectivity index (χ0v) is 9.31. The van der Waals surface area contributed by atoms with Crippen LogP contribution in [-0.2, 0) is 11.8 Å². The number of anilines is 1. The van der Waals surface area contributed by atoms with Gasteiger partial charge in [0, 0.05) is 12.6 Å². The first kappa shape index (κ1) is 11.0. The van der Waals surface area contributed by atoms with Crippen LogP contribution in [0, 0.1) is 0 Å². The first-order valence-electron chi connectivity index (χ1n) is 5.30. The number of allylic oxidation sites excluding steroid dienone is 1. The number of hydrogen-bond donors (Lipinski definition) is 3. The second kappa shape index (κ2) is 4.54. The molecule has 5 N–H and O–H groups in total. The predicted molar refractivity (Wildman–Crippen MR) is 61.0 cm³/mol. The molecule has 0 fully saturated rings. The Morgan fingerprint density at radius 3 is 2.94 bits per heavy atom. The van der Waals surface area contributed by atoms with E-state index in [1.54, 1.807) is 17.9 Å². The van der Waals surface area contributed by atoms with Gasteiger partial charge in [0.1, 0.15) is 17.6 Å². The molecule has 88 valence electrons. The summed E-state index contributed by atoms with van der Waals surface area (Å²) in [5.74, 6) is 6.97. The number of nitrogens with one attached hydrogen (secondary N) is 1. The maximum atomic E-state index is 5.91. The van der Waals surface area contributed by atoms with Crippen LogP contribution < -0.4 is 17.0 Å². The van der Waals surface area contributed by atoms with Gasteiger partial charge in [-0.25, -0.2) is 5.43 Å². The lowest BCUT2D eigenvalue weighted by Crippen LogP contribution is -2.31. The molecule has 2 rings (SSSR count). The second-order valence-corrected chi connectivity index (χ2v) is 3.81. The number of nitrogen functional groups attached to an aromatic ring is 1. The third-order valence-electron chi connectivity index (χ3n) is 2.74. The van der Waals surface area contributed by atoms with Gasteiger partial charge in [-0.2, -0.15) is 5.10 Å². The van der Waals surface area contributed by atoms with Crippen LogP contribution in [0.15, 0.2) is 18.0 Å². The summed E-state index contributed by atoms with van der Waals surface area (Å²) in [6, 6.07) is -0.214. The van der Waals surface area contributed by atoms with Crippen LogP contribution in [0.4, 0.5) is 5.82 Å². The summed E-state index contributed by atoms with van der Waals surface area (Å²) in [6.07, 6.45) is 5.80. The zero-order valence-electron chi connectivity index (χ0n) is 9.31. The summed E-state index contributed by atoms with van der Waals surface area (Å²) in [6.45, 7) is 0.726. The van der Waals surface area contributed by atoms with E-state index in [2.05, 4.69) is 10.5 Å². The summed E-state index contributed by atoms with van der Waals surface area (Å²) in [4.78, 5) is 0. The van der Waals surface area contributed by atoms with E-state index in [0.717, 1.165) is 30.8 Å². The lowest BCUT2D eigenvalue weighted by molar-refractivity contribution is 0.168. The summed E-state index contributed by atoms with van der Waals surface area (Å²) < 4.78 is 7.19. The van der Waals surface area contributed by atoms with Crippen LogP contribution in [0.25, 0.3) is 0 Å². The van der Waals surface area contributed by atoms with Gasteiger partial charge in [-0.15, -0.1) is 0 Å². The van der Waals surface area contributed by atoms with E-state index in [4.69, 9.17) is 16.3 Å². The SMILES string of the molecule is Cn1ncc(C(NN)C2=CCCCO2)c1N. The van der Waals surface area contributed by atoms with Gasteiger partial charge in [0.05, 0.1) is 12.8 Å². The van der Waals surface area contributed by atoms with Gasteiger partial charge in [0.25, 0.3) is 0 Å². The monoisotopic (exact) mass is 223 g/mol. The molecule has 1 aromatic heterocycles. The van der Waals surface area contributed by atoms with E-state index in [1.165, 1.54) is 0 Å². The molecule has 16 heavy (non-hydrogen) atoms. The van der Waals surface area contributed by atoms with Crippen molar-refractivity contribution in [2.45, 2.75) is 18.9 Å². The third kappa shape index (κ3) is 1.89. The molecule has 0 bridgehead atoms.